The maximum Gasteiger partial charge on any atom is 0.251 e. The first kappa shape index (κ1) is 16.1. The predicted molar refractivity (Wildman–Crippen MR) is 92.8 cm³/mol. The molecule has 0 unspecified atom stereocenters. The quantitative estimate of drug-likeness (QED) is 0.752. The molecule has 0 aliphatic heterocycles. The summed E-state index contributed by atoms with van der Waals surface area (Å²) in [6.07, 6.45) is 6.05. The van der Waals surface area contributed by atoms with E-state index >= 15 is 0 Å². The van der Waals surface area contributed by atoms with E-state index in [2.05, 4.69) is 28.7 Å². The summed E-state index contributed by atoms with van der Waals surface area (Å²) in [5, 5.41) is 2.92. The zero-order valence-corrected chi connectivity index (χ0v) is 13.9. The van der Waals surface area contributed by atoms with E-state index in [1.165, 1.54) is 0 Å². The van der Waals surface area contributed by atoms with Gasteiger partial charge < -0.3 is 14.3 Å². The molecule has 0 atom stereocenters. The molecule has 0 saturated carbocycles. The Labute approximate surface area is 141 Å². The second-order valence-corrected chi connectivity index (χ2v) is 5.92. The van der Waals surface area contributed by atoms with Crippen LogP contribution >= 0.6 is 0 Å². The van der Waals surface area contributed by atoms with Crippen LogP contribution in [0.15, 0.2) is 59.5 Å². The highest BCUT2D eigenvalue weighted by Gasteiger charge is 2.11. The molecule has 0 fully saturated rings. The summed E-state index contributed by atoms with van der Waals surface area (Å²) >= 11 is 0. The molecule has 2 heterocycles. The molecule has 0 aliphatic carbocycles. The van der Waals surface area contributed by atoms with Gasteiger partial charge in [-0.3, -0.25) is 4.79 Å². The number of aromatic nitrogens is 2. The molecule has 2 aromatic heterocycles. The number of benzene rings is 1. The SMILES string of the molecule is CC(C)n1ccnc1-c1cccc(C(=O)NCCc2ccco2)c1. The number of hydrogen-bond donors (Lipinski definition) is 1. The molecule has 1 amide bonds. The van der Waals surface area contributed by atoms with Crippen molar-refractivity contribution in [2.75, 3.05) is 6.54 Å². The number of rotatable bonds is 6. The lowest BCUT2D eigenvalue weighted by Crippen LogP contribution is -2.25. The van der Waals surface area contributed by atoms with E-state index < -0.39 is 0 Å². The van der Waals surface area contributed by atoms with Crippen LogP contribution in [0.3, 0.4) is 0 Å². The van der Waals surface area contributed by atoms with Gasteiger partial charge in [-0.15, -0.1) is 0 Å². The summed E-state index contributed by atoms with van der Waals surface area (Å²) in [4.78, 5) is 16.8. The summed E-state index contributed by atoms with van der Waals surface area (Å²) < 4.78 is 7.35. The van der Waals surface area contributed by atoms with Gasteiger partial charge in [0.05, 0.1) is 6.26 Å². The Balaban J connectivity index is 1.70. The van der Waals surface area contributed by atoms with Crippen LogP contribution in [0, 0.1) is 0 Å². The van der Waals surface area contributed by atoms with Crippen LogP contribution in [0.25, 0.3) is 11.4 Å². The molecule has 3 rings (SSSR count). The van der Waals surface area contributed by atoms with Crippen molar-refractivity contribution in [2.45, 2.75) is 26.3 Å². The van der Waals surface area contributed by atoms with Gasteiger partial charge in [0.2, 0.25) is 0 Å². The smallest absolute Gasteiger partial charge is 0.251 e. The minimum Gasteiger partial charge on any atom is -0.469 e. The molecular formula is C19H21N3O2. The molecular weight excluding hydrogens is 302 g/mol. The summed E-state index contributed by atoms with van der Waals surface area (Å²) in [6, 6.07) is 11.6. The van der Waals surface area contributed by atoms with Crippen LogP contribution in [-0.4, -0.2) is 22.0 Å². The van der Waals surface area contributed by atoms with Gasteiger partial charge in [0.25, 0.3) is 5.91 Å². The lowest BCUT2D eigenvalue weighted by atomic mass is 10.1. The second-order valence-electron chi connectivity index (χ2n) is 5.92. The van der Waals surface area contributed by atoms with Crippen molar-refractivity contribution in [1.82, 2.24) is 14.9 Å². The first-order chi connectivity index (χ1) is 11.6. The van der Waals surface area contributed by atoms with Crippen LogP contribution in [0.1, 0.15) is 36.0 Å². The van der Waals surface area contributed by atoms with Gasteiger partial charge in [-0.05, 0) is 38.1 Å². The predicted octanol–water partition coefficient (Wildman–Crippen LogP) is 3.70. The van der Waals surface area contributed by atoms with Gasteiger partial charge in [0.15, 0.2) is 0 Å². The molecule has 5 nitrogen and oxygen atoms in total. The molecule has 0 spiro atoms. The van der Waals surface area contributed by atoms with Gasteiger partial charge in [-0.25, -0.2) is 4.98 Å². The Morgan fingerprint density at radius 3 is 2.92 bits per heavy atom. The average molecular weight is 323 g/mol. The molecule has 0 aliphatic rings. The third kappa shape index (κ3) is 3.56. The Bertz CT molecular complexity index is 804. The second kappa shape index (κ2) is 7.17. The highest BCUT2D eigenvalue weighted by atomic mass is 16.3. The number of nitrogens with zero attached hydrogens (tertiary/aromatic N) is 2. The first-order valence-electron chi connectivity index (χ1n) is 8.09. The van der Waals surface area contributed by atoms with E-state index in [1.807, 2.05) is 42.6 Å². The topological polar surface area (TPSA) is 60.1 Å². The summed E-state index contributed by atoms with van der Waals surface area (Å²) in [6.45, 7) is 4.75. The van der Waals surface area contributed by atoms with Gasteiger partial charge in [0, 0.05) is 42.5 Å². The fraction of sp³-hybridized carbons (Fsp3) is 0.263. The summed E-state index contributed by atoms with van der Waals surface area (Å²) in [5.41, 5.74) is 1.57. The molecule has 0 bridgehead atoms. The molecule has 1 N–H and O–H groups in total. The van der Waals surface area contributed by atoms with E-state index in [9.17, 15) is 4.79 Å². The Hall–Kier alpha value is -2.82. The molecule has 0 saturated heterocycles. The van der Waals surface area contributed by atoms with Crippen LogP contribution in [-0.2, 0) is 6.42 Å². The fourth-order valence-corrected chi connectivity index (χ4v) is 2.61. The third-order valence-electron chi connectivity index (χ3n) is 3.85. The van der Waals surface area contributed by atoms with Crippen molar-refractivity contribution in [3.63, 3.8) is 0 Å². The zero-order chi connectivity index (χ0) is 16.9. The highest BCUT2D eigenvalue weighted by molar-refractivity contribution is 5.95. The van der Waals surface area contributed by atoms with Crippen LogP contribution in [0.5, 0.6) is 0 Å². The Kier molecular flexibility index (Phi) is 4.79. The maximum atomic E-state index is 12.3. The van der Waals surface area contributed by atoms with Gasteiger partial charge in [-0.2, -0.15) is 0 Å². The van der Waals surface area contributed by atoms with E-state index in [0.717, 1.165) is 17.1 Å². The lowest BCUT2D eigenvalue weighted by molar-refractivity contribution is 0.0953. The lowest BCUT2D eigenvalue weighted by Gasteiger charge is -2.12. The van der Waals surface area contributed by atoms with Gasteiger partial charge in [0.1, 0.15) is 11.6 Å². The first-order valence-corrected chi connectivity index (χ1v) is 8.09. The molecule has 0 radical (unpaired) electrons. The van der Waals surface area contributed by atoms with Crippen molar-refractivity contribution in [3.8, 4) is 11.4 Å². The molecule has 1 aromatic carbocycles. The van der Waals surface area contributed by atoms with Crippen molar-refractivity contribution < 1.29 is 9.21 Å². The van der Waals surface area contributed by atoms with E-state index in [4.69, 9.17) is 4.42 Å². The van der Waals surface area contributed by atoms with Crippen molar-refractivity contribution >= 4 is 5.91 Å². The van der Waals surface area contributed by atoms with E-state index in [-0.39, 0.29) is 5.91 Å². The number of furan rings is 1. The van der Waals surface area contributed by atoms with E-state index in [1.54, 1.807) is 12.5 Å². The number of nitrogens with one attached hydrogen (secondary N) is 1. The standard InChI is InChI=1S/C19H21N3O2/c1-14(2)22-11-10-20-18(22)15-5-3-6-16(13-15)19(23)21-9-8-17-7-4-12-24-17/h3-7,10-14H,8-9H2,1-2H3,(H,21,23). The maximum absolute atomic E-state index is 12.3. The zero-order valence-electron chi connectivity index (χ0n) is 13.9. The van der Waals surface area contributed by atoms with Crippen LogP contribution in [0.4, 0.5) is 0 Å². The Morgan fingerprint density at radius 1 is 1.29 bits per heavy atom. The average Bonchev–Trinajstić information content (AvgIpc) is 3.26. The summed E-state index contributed by atoms with van der Waals surface area (Å²) in [5.74, 6) is 1.64. The minimum absolute atomic E-state index is 0.0916. The van der Waals surface area contributed by atoms with Crippen molar-refractivity contribution in [3.05, 3.63) is 66.4 Å². The van der Waals surface area contributed by atoms with Crippen molar-refractivity contribution in [2.24, 2.45) is 0 Å². The van der Waals surface area contributed by atoms with E-state index in [0.29, 0.717) is 24.6 Å². The normalized spacial score (nSPS) is 11.0. The molecule has 24 heavy (non-hydrogen) atoms. The molecule has 5 heteroatoms. The number of imidazole rings is 1. The summed E-state index contributed by atoms with van der Waals surface area (Å²) in [7, 11) is 0. The number of carbonyl (C=O) groups is 1. The third-order valence-corrected chi connectivity index (χ3v) is 3.85. The van der Waals surface area contributed by atoms with Crippen LogP contribution in [0.2, 0.25) is 0 Å². The number of carbonyl (C=O) groups excluding carboxylic acids is 1. The fourth-order valence-electron chi connectivity index (χ4n) is 2.61. The van der Waals surface area contributed by atoms with Gasteiger partial charge >= 0.3 is 0 Å². The van der Waals surface area contributed by atoms with Crippen LogP contribution < -0.4 is 5.32 Å². The number of hydrogen-bond acceptors (Lipinski definition) is 3. The minimum atomic E-state index is -0.0916. The molecule has 3 aromatic rings. The highest BCUT2D eigenvalue weighted by Crippen LogP contribution is 2.22. The molecule has 124 valence electrons. The largest absolute Gasteiger partial charge is 0.469 e. The monoisotopic (exact) mass is 323 g/mol. The van der Waals surface area contributed by atoms with Gasteiger partial charge in [-0.1, -0.05) is 12.1 Å². The number of amides is 1. The van der Waals surface area contributed by atoms with Crippen molar-refractivity contribution in [1.29, 1.82) is 0 Å². The Morgan fingerprint density at radius 2 is 2.17 bits per heavy atom.